The van der Waals surface area contributed by atoms with Gasteiger partial charge in [-0.3, -0.25) is 0 Å². The molecule has 17 heavy (non-hydrogen) atoms. The smallest absolute Gasteiger partial charge is 0.105 e. The molecule has 0 spiro atoms. The summed E-state index contributed by atoms with van der Waals surface area (Å²) < 4.78 is 2.15. The Hall–Kier alpha value is -1.57. The van der Waals surface area contributed by atoms with Crippen LogP contribution >= 0.6 is 0 Å². The van der Waals surface area contributed by atoms with E-state index in [-0.39, 0.29) is 0 Å². The van der Waals surface area contributed by atoms with Gasteiger partial charge in [0.2, 0.25) is 0 Å². The molecule has 1 heterocycles. The number of rotatable bonds is 1. The van der Waals surface area contributed by atoms with Crippen LogP contribution in [-0.4, -0.2) is 9.55 Å². The maximum atomic E-state index is 4.38. The lowest BCUT2D eigenvalue weighted by Crippen LogP contribution is -1.99. The van der Waals surface area contributed by atoms with E-state index >= 15 is 0 Å². The molecule has 90 valence electrons. The lowest BCUT2D eigenvalue weighted by Gasteiger charge is -2.14. The number of aromatic nitrogens is 2. The number of nitrogens with zero attached hydrogens (tertiary/aromatic N) is 2. The normalized spacial score (nSPS) is 10.9. The highest BCUT2D eigenvalue weighted by Gasteiger charge is 2.12. The molecule has 0 radical (unpaired) electrons. The molecule has 0 amide bonds. The van der Waals surface area contributed by atoms with Crippen molar-refractivity contribution in [3.05, 3.63) is 40.3 Å². The van der Waals surface area contributed by atoms with Gasteiger partial charge < -0.3 is 4.57 Å². The zero-order valence-corrected chi connectivity index (χ0v) is 11.5. The van der Waals surface area contributed by atoms with Crippen molar-refractivity contribution < 1.29 is 0 Å². The van der Waals surface area contributed by atoms with Gasteiger partial charge in [0.25, 0.3) is 0 Å². The van der Waals surface area contributed by atoms with Gasteiger partial charge in [0.05, 0.1) is 11.9 Å². The van der Waals surface area contributed by atoms with Crippen LogP contribution in [0.5, 0.6) is 0 Å². The van der Waals surface area contributed by atoms with E-state index in [1.54, 1.807) is 0 Å². The van der Waals surface area contributed by atoms with Crippen molar-refractivity contribution in [2.75, 3.05) is 0 Å². The fraction of sp³-hybridized carbons (Fsp3) is 0.400. The molecule has 0 bridgehead atoms. The Morgan fingerprint density at radius 2 is 1.59 bits per heavy atom. The predicted molar refractivity (Wildman–Crippen MR) is 72.3 cm³/mol. The van der Waals surface area contributed by atoms with Crippen molar-refractivity contribution in [1.29, 1.82) is 0 Å². The van der Waals surface area contributed by atoms with Crippen molar-refractivity contribution in [2.45, 2.75) is 34.6 Å². The Labute approximate surface area is 103 Å². The van der Waals surface area contributed by atoms with Gasteiger partial charge in [0.1, 0.15) is 5.82 Å². The van der Waals surface area contributed by atoms with Crippen LogP contribution in [0.4, 0.5) is 0 Å². The maximum absolute atomic E-state index is 4.38. The molecule has 0 aliphatic heterocycles. The summed E-state index contributed by atoms with van der Waals surface area (Å²) in [6.07, 6.45) is 1.96. The lowest BCUT2D eigenvalue weighted by atomic mass is 9.93. The van der Waals surface area contributed by atoms with Crippen LogP contribution in [0.2, 0.25) is 0 Å². The summed E-state index contributed by atoms with van der Waals surface area (Å²) in [6.45, 7) is 10.8. The fourth-order valence-corrected chi connectivity index (χ4v) is 2.23. The topological polar surface area (TPSA) is 17.8 Å². The van der Waals surface area contributed by atoms with E-state index in [4.69, 9.17) is 0 Å². The first kappa shape index (κ1) is 11.9. The molecule has 0 atom stereocenters. The SMILES string of the molecule is Cc1cc(-c2cnc(C)n2C)c(C)c(C)c1C. The van der Waals surface area contributed by atoms with Gasteiger partial charge in [-0.25, -0.2) is 4.98 Å². The third kappa shape index (κ3) is 1.78. The standard InChI is InChI=1S/C15H20N2/c1-9-7-14(12(4)11(3)10(9)2)15-8-16-13(5)17(15)6/h7-8H,1-6H3. The second-order valence-electron chi connectivity index (χ2n) is 4.87. The van der Waals surface area contributed by atoms with Crippen LogP contribution < -0.4 is 0 Å². The first-order valence-electron chi connectivity index (χ1n) is 5.99. The molecule has 0 N–H and O–H groups in total. The molecule has 0 unspecified atom stereocenters. The van der Waals surface area contributed by atoms with Crippen LogP contribution in [0.25, 0.3) is 11.3 Å². The zero-order chi connectivity index (χ0) is 12.7. The second-order valence-corrected chi connectivity index (χ2v) is 4.87. The molecule has 0 aliphatic rings. The van der Waals surface area contributed by atoms with Crippen LogP contribution in [0.1, 0.15) is 28.1 Å². The molecule has 2 heteroatoms. The van der Waals surface area contributed by atoms with Gasteiger partial charge in [-0.05, 0) is 62.9 Å². The molecule has 0 fully saturated rings. The summed E-state index contributed by atoms with van der Waals surface area (Å²) in [4.78, 5) is 4.38. The summed E-state index contributed by atoms with van der Waals surface area (Å²) in [5.74, 6) is 1.05. The molecule has 1 aromatic heterocycles. The molecule has 2 rings (SSSR count). The predicted octanol–water partition coefficient (Wildman–Crippen LogP) is 3.63. The summed E-state index contributed by atoms with van der Waals surface area (Å²) in [6, 6.07) is 2.27. The molecule has 2 nitrogen and oxygen atoms in total. The third-order valence-corrected chi connectivity index (χ3v) is 3.98. The van der Waals surface area contributed by atoms with E-state index < -0.39 is 0 Å². The Bertz CT molecular complexity index is 577. The van der Waals surface area contributed by atoms with Gasteiger partial charge in [-0.1, -0.05) is 0 Å². The number of hydrogen-bond donors (Lipinski definition) is 0. The lowest BCUT2D eigenvalue weighted by molar-refractivity contribution is 0.864. The number of benzene rings is 1. The average Bonchev–Trinajstić information content (AvgIpc) is 2.62. The highest BCUT2D eigenvalue weighted by atomic mass is 15.0. The van der Waals surface area contributed by atoms with Gasteiger partial charge in [-0.2, -0.15) is 0 Å². The van der Waals surface area contributed by atoms with Crippen molar-refractivity contribution in [1.82, 2.24) is 9.55 Å². The van der Waals surface area contributed by atoms with Crippen molar-refractivity contribution >= 4 is 0 Å². The molecular weight excluding hydrogens is 208 g/mol. The quantitative estimate of drug-likeness (QED) is 0.728. The highest BCUT2D eigenvalue weighted by Crippen LogP contribution is 2.29. The van der Waals surface area contributed by atoms with E-state index in [0.29, 0.717) is 0 Å². The summed E-state index contributed by atoms with van der Waals surface area (Å²) in [5, 5.41) is 0. The van der Waals surface area contributed by atoms with E-state index in [2.05, 4.69) is 50.4 Å². The Morgan fingerprint density at radius 3 is 2.12 bits per heavy atom. The van der Waals surface area contributed by atoms with Gasteiger partial charge >= 0.3 is 0 Å². The van der Waals surface area contributed by atoms with Crippen LogP contribution in [-0.2, 0) is 7.05 Å². The van der Waals surface area contributed by atoms with Gasteiger partial charge in [-0.15, -0.1) is 0 Å². The van der Waals surface area contributed by atoms with Crippen molar-refractivity contribution in [3.63, 3.8) is 0 Å². The van der Waals surface area contributed by atoms with Gasteiger partial charge in [0, 0.05) is 12.6 Å². The largest absolute Gasteiger partial charge is 0.331 e. The monoisotopic (exact) mass is 228 g/mol. The average molecular weight is 228 g/mol. The van der Waals surface area contributed by atoms with Crippen LogP contribution in [0, 0.1) is 34.6 Å². The highest BCUT2D eigenvalue weighted by molar-refractivity contribution is 5.67. The molecule has 2 aromatic rings. The minimum absolute atomic E-state index is 1.05. The van der Waals surface area contributed by atoms with Crippen molar-refractivity contribution in [2.24, 2.45) is 7.05 Å². The summed E-state index contributed by atoms with van der Waals surface area (Å²) >= 11 is 0. The maximum Gasteiger partial charge on any atom is 0.105 e. The molecular formula is C15H20N2. The molecule has 0 saturated carbocycles. The number of aryl methyl sites for hydroxylation is 2. The molecule has 0 aliphatic carbocycles. The minimum Gasteiger partial charge on any atom is -0.331 e. The van der Waals surface area contributed by atoms with Crippen LogP contribution in [0.15, 0.2) is 12.3 Å². The van der Waals surface area contributed by atoms with E-state index in [1.807, 2.05) is 13.1 Å². The summed E-state index contributed by atoms with van der Waals surface area (Å²) in [7, 11) is 2.07. The van der Waals surface area contributed by atoms with E-state index in [0.717, 1.165) is 5.82 Å². The Balaban J connectivity index is 2.73. The fourth-order valence-electron chi connectivity index (χ4n) is 2.23. The first-order valence-corrected chi connectivity index (χ1v) is 5.99. The molecule has 1 aromatic carbocycles. The minimum atomic E-state index is 1.05. The summed E-state index contributed by atoms with van der Waals surface area (Å²) in [5.41, 5.74) is 7.99. The Kier molecular flexibility index (Phi) is 2.82. The third-order valence-electron chi connectivity index (χ3n) is 3.98. The first-order chi connectivity index (χ1) is 7.93. The van der Waals surface area contributed by atoms with E-state index in [9.17, 15) is 0 Å². The Morgan fingerprint density at radius 1 is 0.941 bits per heavy atom. The number of hydrogen-bond acceptors (Lipinski definition) is 1. The number of imidazole rings is 1. The van der Waals surface area contributed by atoms with Crippen LogP contribution in [0.3, 0.4) is 0 Å². The van der Waals surface area contributed by atoms with Gasteiger partial charge in [0.15, 0.2) is 0 Å². The van der Waals surface area contributed by atoms with Crippen molar-refractivity contribution in [3.8, 4) is 11.3 Å². The zero-order valence-electron chi connectivity index (χ0n) is 11.5. The van der Waals surface area contributed by atoms with E-state index in [1.165, 1.54) is 33.5 Å². The second kappa shape index (κ2) is 4.02. The molecule has 0 saturated heterocycles.